The van der Waals surface area contributed by atoms with Gasteiger partial charge in [-0.2, -0.15) is 5.10 Å². The molecule has 5 heteroatoms. The SMILES string of the molecule is CCNC(Cc1cnn(C)c1)c1ccc(Cl)cc1Br. The van der Waals surface area contributed by atoms with Crippen molar-refractivity contribution in [1.82, 2.24) is 15.1 Å². The van der Waals surface area contributed by atoms with Crippen LogP contribution in [-0.2, 0) is 13.5 Å². The van der Waals surface area contributed by atoms with Crippen LogP contribution in [0.1, 0.15) is 24.1 Å². The molecule has 0 saturated carbocycles. The van der Waals surface area contributed by atoms with Gasteiger partial charge in [0, 0.05) is 28.8 Å². The first kappa shape index (κ1) is 14.6. The van der Waals surface area contributed by atoms with Gasteiger partial charge in [0.2, 0.25) is 0 Å². The Morgan fingerprint density at radius 1 is 1.47 bits per heavy atom. The molecule has 102 valence electrons. The Balaban J connectivity index is 2.23. The highest BCUT2D eigenvalue weighted by Gasteiger charge is 2.15. The lowest BCUT2D eigenvalue weighted by molar-refractivity contribution is 0.548. The Morgan fingerprint density at radius 3 is 2.84 bits per heavy atom. The minimum absolute atomic E-state index is 0.251. The number of hydrogen-bond acceptors (Lipinski definition) is 2. The minimum atomic E-state index is 0.251. The first-order valence-electron chi connectivity index (χ1n) is 6.26. The number of halogens is 2. The predicted octanol–water partition coefficient (Wildman–Crippen LogP) is 3.73. The molecule has 0 saturated heterocycles. The van der Waals surface area contributed by atoms with E-state index in [-0.39, 0.29) is 6.04 Å². The van der Waals surface area contributed by atoms with Gasteiger partial charge in [0.1, 0.15) is 0 Å². The fourth-order valence-electron chi connectivity index (χ4n) is 2.14. The molecular weight excluding hydrogens is 326 g/mol. The van der Waals surface area contributed by atoms with Gasteiger partial charge in [0.15, 0.2) is 0 Å². The average molecular weight is 343 g/mol. The first-order valence-corrected chi connectivity index (χ1v) is 7.43. The van der Waals surface area contributed by atoms with Crippen molar-refractivity contribution < 1.29 is 0 Å². The number of nitrogens with one attached hydrogen (secondary N) is 1. The molecule has 1 aromatic heterocycles. The summed E-state index contributed by atoms with van der Waals surface area (Å²) in [7, 11) is 1.93. The van der Waals surface area contributed by atoms with E-state index in [1.807, 2.05) is 36.3 Å². The number of nitrogens with zero attached hydrogens (tertiary/aromatic N) is 2. The van der Waals surface area contributed by atoms with Crippen molar-refractivity contribution in [3.63, 3.8) is 0 Å². The third-order valence-electron chi connectivity index (χ3n) is 2.99. The molecular formula is C14H17BrClN3. The first-order chi connectivity index (χ1) is 9.10. The zero-order valence-corrected chi connectivity index (χ0v) is 13.4. The smallest absolute Gasteiger partial charge is 0.0522 e. The van der Waals surface area contributed by atoms with Crippen molar-refractivity contribution in [3.8, 4) is 0 Å². The molecule has 0 aliphatic heterocycles. The van der Waals surface area contributed by atoms with Crippen LogP contribution in [0.4, 0.5) is 0 Å². The lowest BCUT2D eigenvalue weighted by atomic mass is 10.0. The molecule has 0 amide bonds. The number of rotatable bonds is 5. The number of aryl methyl sites for hydroxylation is 1. The third kappa shape index (κ3) is 3.81. The number of aromatic nitrogens is 2. The number of likely N-dealkylation sites (N-methyl/N-ethyl adjacent to an activating group) is 1. The molecule has 3 nitrogen and oxygen atoms in total. The van der Waals surface area contributed by atoms with Gasteiger partial charge in [-0.3, -0.25) is 4.68 Å². The molecule has 2 rings (SSSR count). The normalized spacial score (nSPS) is 12.6. The lowest BCUT2D eigenvalue weighted by Gasteiger charge is -2.19. The van der Waals surface area contributed by atoms with Crippen LogP contribution >= 0.6 is 27.5 Å². The van der Waals surface area contributed by atoms with Gasteiger partial charge in [-0.15, -0.1) is 0 Å². The summed E-state index contributed by atoms with van der Waals surface area (Å²) in [5, 5.41) is 8.47. The molecule has 1 atom stereocenters. The maximum atomic E-state index is 6.00. The van der Waals surface area contributed by atoms with Crippen LogP contribution < -0.4 is 5.32 Å². The van der Waals surface area contributed by atoms with Gasteiger partial charge < -0.3 is 5.32 Å². The van der Waals surface area contributed by atoms with Crippen molar-refractivity contribution in [3.05, 3.63) is 51.2 Å². The van der Waals surface area contributed by atoms with Crippen LogP contribution in [-0.4, -0.2) is 16.3 Å². The van der Waals surface area contributed by atoms with E-state index < -0.39 is 0 Å². The molecule has 0 radical (unpaired) electrons. The number of benzene rings is 1. The summed E-state index contributed by atoms with van der Waals surface area (Å²) in [5.74, 6) is 0. The van der Waals surface area contributed by atoms with Crippen LogP contribution in [0.5, 0.6) is 0 Å². The summed E-state index contributed by atoms with van der Waals surface area (Å²) in [6.45, 7) is 3.03. The van der Waals surface area contributed by atoms with Gasteiger partial charge >= 0.3 is 0 Å². The Morgan fingerprint density at radius 2 is 2.26 bits per heavy atom. The Bertz CT molecular complexity index is 553. The molecule has 0 spiro atoms. The Hall–Kier alpha value is -0.840. The zero-order valence-electron chi connectivity index (χ0n) is 11.0. The summed E-state index contributed by atoms with van der Waals surface area (Å²) in [6, 6.07) is 6.18. The van der Waals surface area contributed by atoms with Crippen molar-refractivity contribution in [2.75, 3.05) is 6.54 Å². The maximum Gasteiger partial charge on any atom is 0.0522 e. The second-order valence-electron chi connectivity index (χ2n) is 4.50. The fourth-order valence-corrected chi connectivity index (χ4v) is 3.09. The highest BCUT2D eigenvalue weighted by Crippen LogP contribution is 2.28. The van der Waals surface area contributed by atoms with Gasteiger partial charge in [-0.1, -0.05) is 40.5 Å². The Kier molecular flexibility index (Phi) is 5.02. The van der Waals surface area contributed by atoms with Gasteiger partial charge in [0.25, 0.3) is 0 Å². The van der Waals surface area contributed by atoms with Gasteiger partial charge in [-0.05, 0) is 36.2 Å². The van der Waals surface area contributed by atoms with Crippen LogP contribution in [0.3, 0.4) is 0 Å². The Labute approximate surface area is 127 Å². The molecule has 2 aromatic rings. The summed E-state index contributed by atoms with van der Waals surface area (Å²) in [6.07, 6.45) is 4.87. The minimum Gasteiger partial charge on any atom is -0.310 e. The highest BCUT2D eigenvalue weighted by molar-refractivity contribution is 9.10. The quantitative estimate of drug-likeness (QED) is 0.897. The van der Waals surface area contributed by atoms with Gasteiger partial charge in [0.05, 0.1) is 6.20 Å². The fraction of sp³-hybridized carbons (Fsp3) is 0.357. The summed E-state index contributed by atoms with van der Waals surface area (Å²) in [5.41, 5.74) is 2.44. The van der Waals surface area contributed by atoms with Crippen LogP contribution in [0.15, 0.2) is 35.1 Å². The molecule has 19 heavy (non-hydrogen) atoms. The second-order valence-corrected chi connectivity index (χ2v) is 5.79. The van der Waals surface area contributed by atoms with E-state index >= 15 is 0 Å². The molecule has 1 heterocycles. The van der Waals surface area contributed by atoms with Crippen LogP contribution in [0.25, 0.3) is 0 Å². The van der Waals surface area contributed by atoms with Crippen molar-refractivity contribution in [2.45, 2.75) is 19.4 Å². The summed E-state index contributed by atoms with van der Waals surface area (Å²) >= 11 is 9.59. The third-order valence-corrected chi connectivity index (χ3v) is 3.91. The lowest BCUT2D eigenvalue weighted by Crippen LogP contribution is -2.23. The van der Waals surface area contributed by atoms with Crippen LogP contribution in [0, 0.1) is 0 Å². The molecule has 0 aliphatic carbocycles. The van der Waals surface area contributed by atoms with E-state index in [9.17, 15) is 0 Å². The summed E-state index contributed by atoms with van der Waals surface area (Å²) in [4.78, 5) is 0. The molecule has 0 fully saturated rings. The average Bonchev–Trinajstić information content (AvgIpc) is 2.74. The number of hydrogen-bond donors (Lipinski definition) is 1. The standard InChI is InChI=1S/C14H17BrClN3/c1-3-17-14(6-10-8-18-19(2)9-10)12-5-4-11(16)7-13(12)15/h4-5,7-9,14,17H,3,6H2,1-2H3. The topological polar surface area (TPSA) is 29.9 Å². The molecule has 1 unspecified atom stereocenters. The highest BCUT2D eigenvalue weighted by atomic mass is 79.9. The molecule has 0 aliphatic rings. The predicted molar refractivity (Wildman–Crippen MR) is 82.5 cm³/mol. The van der Waals surface area contributed by atoms with Crippen LogP contribution in [0.2, 0.25) is 5.02 Å². The van der Waals surface area contributed by atoms with Crippen molar-refractivity contribution in [2.24, 2.45) is 7.05 Å². The molecule has 1 aromatic carbocycles. The van der Waals surface area contributed by atoms with Crippen molar-refractivity contribution >= 4 is 27.5 Å². The monoisotopic (exact) mass is 341 g/mol. The summed E-state index contributed by atoms with van der Waals surface area (Å²) < 4.78 is 2.87. The second kappa shape index (κ2) is 6.55. The van der Waals surface area contributed by atoms with E-state index in [1.165, 1.54) is 11.1 Å². The zero-order chi connectivity index (χ0) is 13.8. The molecule has 0 bridgehead atoms. The van der Waals surface area contributed by atoms with Crippen molar-refractivity contribution in [1.29, 1.82) is 0 Å². The van der Waals surface area contributed by atoms with E-state index in [0.717, 1.165) is 22.5 Å². The van der Waals surface area contributed by atoms with E-state index in [4.69, 9.17) is 11.6 Å². The maximum absolute atomic E-state index is 6.00. The largest absolute Gasteiger partial charge is 0.310 e. The van der Waals surface area contributed by atoms with E-state index in [1.54, 1.807) is 0 Å². The molecule has 1 N–H and O–H groups in total. The van der Waals surface area contributed by atoms with Gasteiger partial charge in [-0.25, -0.2) is 0 Å². The van der Waals surface area contributed by atoms with E-state index in [0.29, 0.717) is 0 Å². The van der Waals surface area contributed by atoms with E-state index in [2.05, 4.69) is 39.3 Å².